The Morgan fingerprint density at radius 3 is 2.54 bits per heavy atom. The van der Waals surface area contributed by atoms with Crippen molar-refractivity contribution in [2.45, 2.75) is 13.0 Å². The van der Waals surface area contributed by atoms with Gasteiger partial charge in [0.25, 0.3) is 0 Å². The molecule has 0 spiro atoms. The Kier molecular flexibility index (Phi) is 5.61. The van der Waals surface area contributed by atoms with E-state index in [1.807, 2.05) is 24.4 Å². The molecule has 1 amide bonds. The van der Waals surface area contributed by atoms with Crippen LogP contribution in [-0.4, -0.2) is 39.1 Å². The van der Waals surface area contributed by atoms with E-state index in [1.165, 1.54) is 34.4 Å². The number of anilines is 1. The van der Waals surface area contributed by atoms with Gasteiger partial charge >= 0.3 is 0 Å². The zero-order valence-electron chi connectivity index (χ0n) is 13.6. The van der Waals surface area contributed by atoms with E-state index in [-0.39, 0.29) is 24.2 Å². The third-order valence-corrected chi connectivity index (χ3v) is 5.89. The number of thiophene rings is 1. The van der Waals surface area contributed by atoms with Gasteiger partial charge in [-0.3, -0.25) is 9.10 Å². The molecule has 8 heteroatoms. The second-order valence-corrected chi connectivity index (χ2v) is 8.33. The summed E-state index contributed by atoms with van der Waals surface area (Å²) < 4.78 is 38.4. The molecule has 1 unspecified atom stereocenters. The SMILES string of the molecule is CC(c1cccs1)N(C)C(=O)CN(c1cccc(F)c1)S(C)(=O)=O. The van der Waals surface area contributed by atoms with Crippen LogP contribution in [0.1, 0.15) is 17.8 Å². The van der Waals surface area contributed by atoms with Gasteiger partial charge in [0.2, 0.25) is 15.9 Å². The van der Waals surface area contributed by atoms with Gasteiger partial charge in [-0.25, -0.2) is 12.8 Å². The normalized spacial score (nSPS) is 12.7. The molecule has 0 saturated carbocycles. The summed E-state index contributed by atoms with van der Waals surface area (Å²) >= 11 is 1.52. The number of likely N-dealkylation sites (N-methyl/N-ethyl adjacent to an activating group) is 1. The van der Waals surface area contributed by atoms with Crippen molar-refractivity contribution < 1.29 is 17.6 Å². The molecule has 24 heavy (non-hydrogen) atoms. The standard InChI is InChI=1S/C16H19FN2O3S2/c1-12(15-8-5-9-23-15)18(2)16(20)11-19(24(3,21)22)14-7-4-6-13(17)10-14/h4-10,12H,11H2,1-3H3. The van der Waals surface area contributed by atoms with Crippen LogP contribution >= 0.6 is 11.3 Å². The maximum absolute atomic E-state index is 13.4. The molecular weight excluding hydrogens is 351 g/mol. The number of carbonyl (C=O) groups excluding carboxylic acids is 1. The number of benzene rings is 1. The average Bonchev–Trinajstić information content (AvgIpc) is 3.04. The lowest BCUT2D eigenvalue weighted by atomic mass is 10.2. The number of carbonyl (C=O) groups is 1. The van der Waals surface area contributed by atoms with Gasteiger partial charge in [-0.15, -0.1) is 11.3 Å². The maximum Gasteiger partial charge on any atom is 0.243 e. The summed E-state index contributed by atoms with van der Waals surface area (Å²) in [5, 5.41) is 1.92. The Balaban J connectivity index is 2.22. The van der Waals surface area contributed by atoms with Crippen LogP contribution in [0.2, 0.25) is 0 Å². The Hall–Kier alpha value is -1.93. The van der Waals surface area contributed by atoms with Crippen molar-refractivity contribution in [2.75, 3.05) is 24.2 Å². The molecule has 1 atom stereocenters. The fraction of sp³-hybridized carbons (Fsp3) is 0.312. The van der Waals surface area contributed by atoms with E-state index in [1.54, 1.807) is 7.05 Å². The number of nitrogens with zero attached hydrogens (tertiary/aromatic N) is 2. The lowest BCUT2D eigenvalue weighted by Crippen LogP contribution is -2.42. The van der Waals surface area contributed by atoms with Crippen molar-refractivity contribution in [3.63, 3.8) is 0 Å². The van der Waals surface area contributed by atoms with Crippen molar-refractivity contribution in [1.82, 2.24) is 4.90 Å². The maximum atomic E-state index is 13.4. The zero-order chi connectivity index (χ0) is 17.9. The summed E-state index contributed by atoms with van der Waals surface area (Å²) in [6.45, 7) is 1.49. The van der Waals surface area contributed by atoms with E-state index in [9.17, 15) is 17.6 Å². The molecule has 0 aliphatic rings. The zero-order valence-corrected chi connectivity index (χ0v) is 15.3. The fourth-order valence-corrected chi connectivity index (χ4v) is 3.87. The third kappa shape index (κ3) is 4.33. The van der Waals surface area contributed by atoms with E-state index >= 15 is 0 Å². The number of amides is 1. The first kappa shape index (κ1) is 18.4. The van der Waals surface area contributed by atoms with Crippen LogP contribution in [0, 0.1) is 5.82 Å². The van der Waals surface area contributed by atoms with Crippen LogP contribution < -0.4 is 4.31 Å². The number of sulfonamides is 1. The molecule has 0 N–H and O–H groups in total. The van der Waals surface area contributed by atoms with Crippen LogP contribution in [0.5, 0.6) is 0 Å². The van der Waals surface area contributed by atoms with Gasteiger partial charge in [0.1, 0.15) is 12.4 Å². The lowest BCUT2D eigenvalue weighted by Gasteiger charge is -2.28. The minimum absolute atomic E-state index is 0.128. The minimum atomic E-state index is -3.72. The smallest absolute Gasteiger partial charge is 0.243 e. The van der Waals surface area contributed by atoms with E-state index in [4.69, 9.17) is 0 Å². The molecule has 5 nitrogen and oxygen atoms in total. The van der Waals surface area contributed by atoms with E-state index in [0.29, 0.717) is 0 Å². The molecule has 2 rings (SSSR count). The summed E-state index contributed by atoms with van der Waals surface area (Å²) in [5.41, 5.74) is 0.128. The third-order valence-electron chi connectivity index (χ3n) is 3.70. The molecule has 1 aromatic carbocycles. The topological polar surface area (TPSA) is 57.7 Å². The van der Waals surface area contributed by atoms with Gasteiger partial charge in [0.15, 0.2) is 0 Å². The summed E-state index contributed by atoms with van der Waals surface area (Å²) in [6.07, 6.45) is 0.994. The summed E-state index contributed by atoms with van der Waals surface area (Å²) in [6, 6.07) is 8.82. The van der Waals surface area contributed by atoms with E-state index in [2.05, 4.69) is 0 Å². The Morgan fingerprint density at radius 1 is 1.29 bits per heavy atom. The van der Waals surface area contributed by atoms with E-state index < -0.39 is 15.8 Å². The highest BCUT2D eigenvalue weighted by Crippen LogP contribution is 2.24. The van der Waals surface area contributed by atoms with Gasteiger partial charge in [0.05, 0.1) is 18.0 Å². The second kappa shape index (κ2) is 7.31. The van der Waals surface area contributed by atoms with Gasteiger partial charge in [-0.1, -0.05) is 12.1 Å². The predicted molar refractivity (Wildman–Crippen MR) is 94.1 cm³/mol. The predicted octanol–water partition coefficient (Wildman–Crippen LogP) is 2.87. The van der Waals surface area contributed by atoms with Crippen molar-refractivity contribution >= 4 is 33.0 Å². The van der Waals surface area contributed by atoms with Crippen molar-refractivity contribution in [3.05, 3.63) is 52.5 Å². The first-order valence-corrected chi connectivity index (χ1v) is 9.95. The average molecular weight is 370 g/mol. The molecule has 1 aromatic heterocycles. The minimum Gasteiger partial charge on any atom is -0.337 e. The van der Waals surface area contributed by atoms with Crippen LogP contribution in [-0.2, 0) is 14.8 Å². The molecule has 0 radical (unpaired) electrons. The van der Waals surface area contributed by atoms with Crippen molar-refractivity contribution in [2.24, 2.45) is 0 Å². The van der Waals surface area contributed by atoms with Crippen molar-refractivity contribution in [1.29, 1.82) is 0 Å². The van der Waals surface area contributed by atoms with Crippen LogP contribution in [0.4, 0.5) is 10.1 Å². The molecule has 1 heterocycles. The summed E-state index contributed by atoms with van der Waals surface area (Å²) in [7, 11) is -2.10. The lowest BCUT2D eigenvalue weighted by molar-refractivity contribution is -0.130. The largest absolute Gasteiger partial charge is 0.337 e. The molecule has 0 aliphatic carbocycles. The van der Waals surface area contributed by atoms with E-state index in [0.717, 1.165) is 21.5 Å². The van der Waals surface area contributed by atoms with Gasteiger partial charge < -0.3 is 4.90 Å². The summed E-state index contributed by atoms with van der Waals surface area (Å²) in [4.78, 5) is 15.0. The molecule has 0 saturated heterocycles. The van der Waals surface area contributed by atoms with Crippen LogP contribution in [0.15, 0.2) is 41.8 Å². The highest BCUT2D eigenvalue weighted by Gasteiger charge is 2.25. The Labute approximate surface area is 145 Å². The van der Waals surface area contributed by atoms with Gasteiger partial charge in [-0.05, 0) is 36.6 Å². The molecule has 2 aromatic rings. The first-order chi connectivity index (χ1) is 11.2. The van der Waals surface area contributed by atoms with Crippen LogP contribution in [0.3, 0.4) is 0 Å². The van der Waals surface area contributed by atoms with Gasteiger partial charge in [0, 0.05) is 11.9 Å². The highest BCUT2D eigenvalue weighted by molar-refractivity contribution is 7.92. The number of halogens is 1. The second-order valence-electron chi connectivity index (χ2n) is 5.45. The quantitative estimate of drug-likeness (QED) is 0.786. The number of rotatable bonds is 6. The monoisotopic (exact) mass is 370 g/mol. The fourth-order valence-electron chi connectivity index (χ4n) is 2.20. The number of hydrogen-bond acceptors (Lipinski definition) is 4. The molecule has 130 valence electrons. The molecule has 0 fully saturated rings. The summed E-state index contributed by atoms with van der Waals surface area (Å²) in [5.74, 6) is -0.931. The first-order valence-electron chi connectivity index (χ1n) is 7.22. The Bertz CT molecular complexity index is 806. The Morgan fingerprint density at radius 2 is 2.00 bits per heavy atom. The van der Waals surface area contributed by atoms with Crippen LogP contribution in [0.25, 0.3) is 0 Å². The molecular formula is C16H19FN2O3S2. The highest BCUT2D eigenvalue weighted by atomic mass is 32.2. The van der Waals surface area contributed by atoms with Gasteiger partial charge in [-0.2, -0.15) is 0 Å². The molecule has 0 bridgehead atoms. The molecule has 0 aliphatic heterocycles. The number of hydrogen-bond donors (Lipinski definition) is 0. The van der Waals surface area contributed by atoms with Crippen molar-refractivity contribution in [3.8, 4) is 0 Å².